The molecule has 0 spiro atoms. The quantitative estimate of drug-likeness (QED) is 0.108. The van der Waals surface area contributed by atoms with Crippen LogP contribution in [0.15, 0.2) is 243 Å². The van der Waals surface area contributed by atoms with E-state index in [1.807, 2.05) is 24.5 Å². The lowest BCUT2D eigenvalue weighted by Crippen LogP contribution is -2.19. The summed E-state index contributed by atoms with van der Waals surface area (Å²) in [5, 5.41) is 0. The second-order valence-corrected chi connectivity index (χ2v) is 18.7. The van der Waals surface area contributed by atoms with Crippen LogP contribution in [-0.4, -0.2) is 15.0 Å². The molecule has 0 atom stereocenters. The van der Waals surface area contributed by atoms with Crippen LogP contribution >= 0.6 is 0 Å². The maximum absolute atomic E-state index is 5.37. The molecule has 68 heavy (non-hydrogen) atoms. The molecule has 3 aromatic heterocycles. The Bertz CT molecular complexity index is 3160. The Morgan fingerprint density at radius 3 is 1.28 bits per heavy atom. The molecule has 0 N–H and O–H groups in total. The van der Waals surface area contributed by atoms with Gasteiger partial charge in [0.15, 0.2) is 0 Å². The fourth-order valence-electron chi connectivity index (χ4n) is 10.5. The number of pyridine rings is 3. The molecule has 0 radical (unpaired) electrons. The van der Waals surface area contributed by atoms with E-state index in [0.717, 1.165) is 59.5 Å². The third-order valence-electron chi connectivity index (χ3n) is 14.4. The van der Waals surface area contributed by atoms with Gasteiger partial charge in [-0.3, -0.25) is 15.0 Å². The predicted octanol–water partition coefficient (Wildman–Crippen LogP) is 15.2. The first kappa shape index (κ1) is 41.4. The average Bonchev–Trinajstić information content (AvgIpc) is 4.21. The minimum atomic E-state index is -0.368. The Labute approximate surface area is 400 Å². The molecule has 0 amide bonds. The van der Waals surface area contributed by atoms with Gasteiger partial charge >= 0.3 is 0 Å². The van der Waals surface area contributed by atoms with E-state index in [0.29, 0.717) is 17.8 Å². The van der Waals surface area contributed by atoms with Gasteiger partial charge < -0.3 is 0 Å². The van der Waals surface area contributed by atoms with E-state index < -0.39 is 0 Å². The molecule has 3 heterocycles. The molecule has 4 aliphatic carbocycles. The third kappa shape index (κ3) is 8.37. The van der Waals surface area contributed by atoms with Crippen LogP contribution in [0.3, 0.4) is 0 Å². The normalized spacial score (nSPS) is 18.6. The summed E-state index contributed by atoms with van der Waals surface area (Å²) >= 11 is 0. The van der Waals surface area contributed by atoms with Crippen LogP contribution in [0.2, 0.25) is 0 Å². The molecule has 1 saturated carbocycles. The summed E-state index contributed by atoms with van der Waals surface area (Å²) in [5.41, 5.74) is 19.5. The van der Waals surface area contributed by atoms with E-state index in [2.05, 4.69) is 219 Å². The molecule has 9 aromatic rings. The summed E-state index contributed by atoms with van der Waals surface area (Å²) in [6, 6.07) is 67.8. The van der Waals surface area contributed by atoms with Crippen LogP contribution in [-0.2, 0) is 31.1 Å². The summed E-state index contributed by atoms with van der Waals surface area (Å²) in [6.45, 7) is 0. The number of aromatic nitrogens is 3. The summed E-state index contributed by atoms with van der Waals surface area (Å²) in [6.07, 6.45) is 24.3. The van der Waals surface area contributed by atoms with Crippen molar-refractivity contribution in [3.05, 3.63) is 271 Å². The van der Waals surface area contributed by atoms with Gasteiger partial charge in [-0.25, -0.2) is 0 Å². The highest BCUT2D eigenvalue weighted by molar-refractivity contribution is 5.92. The minimum Gasteiger partial charge on any atom is -0.259 e. The summed E-state index contributed by atoms with van der Waals surface area (Å²) in [7, 11) is 0. The minimum absolute atomic E-state index is 0.368. The fraction of sp³-hybridized carbons (Fsp3) is 0.123. The topological polar surface area (TPSA) is 38.7 Å². The number of benzene rings is 6. The van der Waals surface area contributed by atoms with Crippen molar-refractivity contribution in [3.8, 4) is 67.0 Å². The van der Waals surface area contributed by atoms with Gasteiger partial charge in [0.25, 0.3) is 0 Å². The van der Waals surface area contributed by atoms with Crippen molar-refractivity contribution in [1.82, 2.24) is 15.0 Å². The Kier molecular flexibility index (Phi) is 11.0. The van der Waals surface area contributed by atoms with Gasteiger partial charge in [0.1, 0.15) is 0 Å². The third-order valence-corrected chi connectivity index (χ3v) is 14.4. The summed E-state index contributed by atoms with van der Waals surface area (Å²) < 4.78 is 0. The first-order valence-electron chi connectivity index (χ1n) is 24.1. The molecule has 0 saturated heterocycles. The maximum atomic E-state index is 5.37. The molecule has 3 heteroatoms. The van der Waals surface area contributed by atoms with Crippen LogP contribution in [0.25, 0.3) is 67.0 Å². The van der Waals surface area contributed by atoms with Gasteiger partial charge in [-0.15, -0.1) is 0 Å². The van der Waals surface area contributed by atoms with Crippen LogP contribution < -0.4 is 0 Å². The SMILES string of the molecule is C1=CC2(c3cc(-c4ccc(-c5ccccc5)cc4)c(-c4ccccc4-c4cc(CCc5ccc(-c6ccccc6)nc5)cc(CCc5ccc(-c6ccccc6)nc5)c4)cn3)C=CC3C1C3C=C2. The number of nitrogens with zero attached hydrogens (tertiary/aromatic N) is 3. The zero-order valence-corrected chi connectivity index (χ0v) is 38.0. The number of aryl methyl sites for hydroxylation is 4. The maximum Gasteiger partial charge on any atom is 0.0702 e. The van der Waals surface area contributed by atoms with Gasteiger partial charge in [-0.1, -0.05) is 206 Å². The molecule has 4 bridgehead atoms. The number of hydrogen-bond acceptors (Lipinski definition) is 3. The van der Waals surface area contributed by atoms with Gasteiger partial charge in [0, 0.05) is 35.3 Å². The van der Waals surface area contributed by atoms with E-state index >= 15 is 0 Å². The van der Waals surface area contributed by atoms with Gasteiger partial charge in [-0.05, 0) is 123 Å². The molecule has 6 aromatic carbocycles. The van der Waals surface area contributed by atoms with E-state index in [-0.39, 0.29) is 5.41 Å². The molecular weight excluding hydrogens is 823 g/mol. The lowest BCUT2D eigenvalue weighted by atomic mass is 9.81. The van der Waals surface area contributed by atoms with Crippen molar-refractivity contribution in [2.24, 2.45) is 17.8 Å². The highest BCUT2D eigenvalue weighted by Crippen LogP contribution is 2.55. The first-order chi connectivity index (χ1) is 33.6. The Morgan fingerprint density at radius 1 is 0.309 bits per heavy atom. The standard InChI is InChI=1S/C65H51N3/c1-4-12-49(13-5-1)50-26-28-51(29-27-50)60-41-64(65-35-32-57-58(33-36-65)59(57)34-37-65)68-44-61(60)56-19-11-10-18-55(56)54-39-47(22-20-45-24-30-62(66-42-45)52-14-6-2-7-15-52)38-48(40-54)23-21-46-25-31-63(67-43-46)53-16-8-3-9-17-53/h1-19,24-44,57-59H,20-23H2. The molecular formula is C65H51N3. The molecule has 326 valence electrons. The Balaban J connectivity index is 0.919. The second-order valence-electron chi connectivity index (χ2n) is 18.7. The molecule has 0 unspecified atom stereocenters. The van der Waals surface area contributed by atoms with Gasteiger partial charge in [-0.2, -0.15) is 0 Å². The molecule has 3 nitrogen and oxygen atoms in total. The van der Waals surface area contributed by atoms with E-state index in [4.69, 9.17) is 15.0 Å². The fourth-order valence-corrected chi connectivity index (χ4v) is 10.5. The molecule has 0 aliphatic heterocycles. The smallest absolute Gasteiger partial charge is 0.0702 e. The predicted molar refractivity (Wildman–Crippen MR) is 280 cm³/mol. The Hall–Kier alpha value is -8.01. The van der Waals surface area contributed by atoms with Crippen LogP contribution in [0.4, 0.5) is 0 Å². The summed E-state index contributed by atoms with van der Waals surface area (Å²) in [4.78, 5) is 15.1. The van der Waals surface area contributed by atoms with Crippen molar-refractivity contribution in [1.29, 1.82) is 0 Å². The zero-order valence-electron chi connectivity index (χ0n) is 38.0. The monoisotopic (exact) mass is 873 g/mol. The average molecular weight is 874 g/mol. The summed E-state index contributed by atoms with van der Waals surface area (Å²) in [5.74, 6) is 1.83. The van der Waals surface area contributed by atoms with E-state index in [1.165, 1.54) is 61.2 Å². The second kappa shape index (κ2) is 18.0. The van der Waals surface area contributed by atoms with Crippen molar-refractivity contribution in [2.75, 3.05) is 0 Å². The Morgan fingerprint density at radius 2 is 0.765 bits per heavy atom. The number of hydrogen-bond donors (Lipinski definition) is 0. The van der Waals surface area contributed by atoms with Crippen molar-refractivity contribution in [2.45, 2.75) is 31.1 Å². The molecule has 4 aliphatic rings. The van der Waals surface area contributed by atoms with Crippen molar-refractivity contribution in [3.63, 3.8) is 0 Å². The van der Waals surface area contributed by atoms with Crippen molar-refractivity contribution < 1.29 is 0 Å². The lowest BCUT2D eigenvalue weighted by molar-refractivity contribution is 0.813. The lowest BCUT2D eigenvalue weighted by Gasteiger charge is -2.24. The molecule has 13 rings (SSSR count). The highest BCUT2D eigenvalue weighted by atomic mass is 14.7. The van der Waals surface area contributed by atoms with Crippen molar-refractivity contribution >= 4 is 0 Å². The van der Waals surface area contributed by atoms with Gasteiger partial charge in [0.2, 0.25) is 0 Å². The highest BCUT2D eigenvalue weighted by Gasteiger charge is 2.49. The first-order valence-corrected chi connectivity index (χ1v) is 24.1. The van der Waals surface area contributed by atoms with E-state index in [1.54, 1.807) is 0 Å². The van der Waals surface area contributed by atoms with Crippen LogP contribution in [0, 0.1) is 17.8 Å². The molecule has 1 fully saturated rings. The van der Waals surface area contributed by atoms with Crippen LogP contribution in [0.1, 0.15) is 27.9 Å². The zero-order chi connectivity index (χ0) is 45.3. The van der Waals surface area contributed by atoms with Gasteiger partial charge in [0.05, 0.1) is 22.5 Å². The van der Waals surface area contributed by atoms with E-state index in [9.17, 15) is 0 Å². The largest absolute Gasteiger partial charge is 0.259 e. The number of allylic oxidation sites excluding steroid dienone is 6. The van der Waals surface area contributed by atoms with Crippen LogP contribution in [0.5, 0.6) is 0 Å². The number of rotatable bonds is 13.